The molecule has 4 rings (SSSR count). The first-order valence-electron chi connectivity index (χ1n) is 7.30. The van der Waals surface area contributed by atoms with Crippen LogP contribution in [0.5, 0.6) is 5.75 Å². The van der Waals surface area contributed by atoms with Crippen LogP contribution in [-0.2, 0) is 0 Å². The van der Waals surface area contributed by atoms with Gasteiger partial charge >= 0.3 is 5.97 Å². The largest absolute Gasteiger partial charge is 0.419 e. The molecule has 0 aliphatic carbocycles. The van der Waals surface area contributed by atoms with Crippen molar-refractivity contribution in [2.75, 3.05) is 0 Å². The molecule has 4 aromatic heterocycles. The lowest BCUT2D eigenvalue weighted by atomic mass is 10.2. The molecule has 0 atom stereocenters. The van der Waals surface area contributed by atoms with Crippen molar-refractivity contribution in [2.45, 2.75) is 6.92 Å². The molecule has 25 heavy (non-hydrogen) atoms. The zero-order valence-electron chi connectivity index (χ0n) is 13.0. The maximum absolute atomic E-state index is 12.4. The number of fused-ring (bicyclic) bond motifs is 1. The summed E-state index contributed by atoms with van der Waals surface area (Å²) in [4.78, 5) is 16.7. The topological polar surface area (TPSA) is 98.1 Å². The van der Waals surface area contributed by atoms with Crippen LogP contribution in [0, 0.1) is 6.92 Å². The van der Waals surface area contributed by atoms with E-state index >= 15 is 0 Å². The predicted molar refractivity (Wildman–Crippen MR) is 89.5 cm³/mol. The van der Waals surface area contributed by atoms with Gasteiger partial charge < -0.3 is 4.74 Å². The lowest BCUT2D eigenvalue weighted by Crippen LogP contribution is -2.10. The number of halogens is 1. The van der Waals surface area contributed by atoms with Gasteiger partial charge in [0.05, 0.1) is 24.3 Å². The lowest BCUT2D eigenvalue weighted by molar-refractivity contribution is 0.0736. The lowest BCUT2D eigenvalue weighted by Gasteiger charge is -2.05. The quantitative estimate of drug-likeness (QED) is 0.568. The molecule has 9 heteroatoms. The van der Waals surface area contributed by atoms with Crippen LogP contribution in [0.2, 0.25) is 5.15 Å². The number of rotatable bonds is 3. The first-order chi connectivity index (χ1) is 12.1. The third-order valence-electron chi connectivity index (χ3n) is 3.63. The van der Waals surface area contributed by atoms with E-state index in [-0.39, 0.29) is 0 Å². The highest BCUT2D eigenvalue weighted by molar-refractivity contribution is 6.30. The fourth-order valence-electron chi connectivity index (χ4n) is 2.41. The summed E-state index contributed by atoms with van der Waals surface area (Å²) in [5, 5.41) is 14.7. The van der Waals surface area contributed by atoms with Crippen LogP contribution < -0.4 is 4.74 Å². The van der Waals surface area contributed by atoms with Gasteiger partial charge in [0, 0.05) is 6.20 Å². The molecule has 0 saturated carbocycles. The second-order valence-electron chi connectivity index (χ2n) is 5.29. The highest BCUT2D eigenvalue weighted by Crippen LogP contribution is 2.23. The average Bonchev–Trinajstić information content (AvgIpc) is 3.26. The van der Waals surface area contributed by atoms with Crippen molar-refractivity contribution < 1.29 is 9.53 Å². The van der Waals surface area contributed by atoms with Crippen molar-refractivity contribution in [2.24, 2.45) is 0 Å². The molecule has 0 bridgehead atoms. The van der Waals surface area contributed by atoms with E-state index in [1.165, 1.54) is 12.4 Å². The van der Waals surface area contributed by atoms with Gasteiger partial charge in [0.2, 0.25) is 0 Å². The van der Waals surface area contributed by atoms with Crippen LogP contribution in [0.4, 0.5) is 0 Å². The van der Waals surface area contributed by atoms with Crippen LogP contribution in [0.1, 0.15) is 15.9 Å². The Morgan fingerprint density at radius 2 is 2.20 bits per heavy atom. The summed E-state index contributed by atoms with van der Waals surface area (Å²) >= 11 is 5.93. The highest BCUT2D eigenvalue weighted by atomic mass is 35.5. The monoisotopic (exact) mass is 354 g/mol. The van der Waals surface area contributed by atoms with Crippen LogP contribution in [0.15, 0.2) is 43.0 Å². The van der Waals surface area contributed by atoms with Gasteiger partial charge in [-0.3, -0.25) is 9.50 Å². The number of pyridine rings is 1. The van der Waals surface area contributed by atoms with Crippen LogP contribution in [0.3, 0.4) is 0 Å². The third kappa shape index (κ3) is 2.72. The van der Waals surface area contributed by atoms with Crippen molar-refractivity contribution in [1.29, 1.82) is 0 Å². The number of aryl methyl sites for hydroxylation is 1. The molecule has 0 saturated heterocycles. The number of imidazole rings is 1. The molecular weight excluding hydrogens is 344 g/mol. The van der Waals surface area contributed by atoms with Gasteiger partial charge in [0.25, 0.3) is 0 Å². The minimum atomic E-state index is -0.525. The summed E-state index contributed by atoms with van der Waals surface area (Å²) in [5.41, 5.74) is 2.89. The Bertz CT molecular complexity index is 1070. The van der Waals surface area contributed by atoms with Gasteiger partial charge in [-0.1, -0.05) is 11.6 Å². The molecule has 4 heterocycles. The summed E-state index contributed by atoms with van der Waals surface area (Å²) in [6.45, 7) is 1.84. The number of nitrogens with one attached hydrogen (secondary N) is 1. The first-order valence-corrected chi connectivity index (χ1v) is 7.68. The van der Waals surface area contributed by atoms with E-state index in [2.05, 4.69) is 25.4 Å². The SMILES string of the molecule is Cc1cc(-c2cnc3c(C(=O)Oc4cn[nH]c4)cccn23)nnc1Cl. The summed E-state index contributed by atoms with van der Waals surface area (Å²) < 4.78 is 7.02. The molecule has 124 valence electrons. The van der Waals surface area contributed by atoms with Gasteiger partial charge in [-0.25, -0.2) is 9.78 Å². The average molecular weight is 355 g/mol. The summed E-state index contributed by atoms with van der Waals surface area (Å²) in [6, 6.07) is 5.20. The molecule has 0 aliphatic rings. The van der Waals surface area contributed by atoms with Crippen LogP contribution in [0.25, 0.3) is 17.0 Å². The molecule has 4 aromatic rings. The maximum Gasteiger partial charge on any atom is 0.347 e. The van der Waals surface area contributed by atoms with Gasteiger partial charge in [-0.05, 0) is 30.7 Å². The zero-order chi connectivity index (χ0) is 17.4. The molecule has 1 N–H and O–H groups in total. The van der Waals surface area contributed by atoms with Crippen molar-refractivity contribution in [3.8, 4) is 17.1 Å². The van der Waals surface area contributed by atoms with Gasteiger partial charge in [-0.2, -0.15) is 5.10 Å². The second-order valence-corrected chi connectivity index (χ2v) is 5.64. The smallest absolute Gasteiger partial charge is 0.347 e. The normalized spacial score (nSPS) is 11.0. The van der Waals surface area contributed by atoms with E-state index in [9.17, 15) is 4.79 Å². The van der Waals surface area contributed by atoms with E-state index < -0.39 is 5.97 Å². The summed E-state index contributed by atoms with van der Waals surface area (Å²) in [7, 11) is 0. The fourth-order valence-corrected chi connectivity index (χ4v) is 2.50. The zero-order valence-corrected chi connectivity index (χ0v) is 13.7. The Hall–Kier alpha value is -3.26. The van der Waals surface area contributed by atoms with Gasteiger partial charge in [0.15, 0.2) is 16.5 Å². The van der Waals surface area contributed by atoms with Crippen molar-refractivity contribution >= 4 is 23.2 Å². The summed E-state index contributed by atoms with van der Waals surface area (Å²) in [5.74, 6) is -0.194. The van der Waals surface area contributed by atoms with Gasteiger partial charge in [-0.15, -0.1) is 10.2 Å². The molecule has 0 aliphatic heterocycles. The molecule has 0 amide bonds. The number of carbonyl (C=O) groups excluding carboxylic acids is 1. The molecule has 0 aromatic carbocycles. The Morgan fingerprint density at radius 1 is 1.32 bits per heavy atom. The standard InChI is InChI=1S/C16H11ClN6O2/c1-9-5-12(21-22-14(9)17)13-8-18-15-11(3-2-4-23(13)15)16(24)25-10-6-19-20-7-10/h2-8H,1H3,(H,19,20). The van der Waals surface area contributed by atoms with E-state index in [4.69, 9.17) is 16.3 Å². The Labute approximate surface area is 146 Å². The predicted octanol–water partition coefficient (Wildman–Crippen LogP) is 2.70. The molecular formula is C16H11ClN6O2. The Balaban J connectivity index is 1.77. The maximum atomic E-state index is 12.4. The van der Waals surface area contributed by atoms with E-state index in [0.29, 0.717) is 33.5 Å². The summed E-state index contributed by atoms with van der Waals surface area (Å²) in [6.07, 6.45) is 6.32. The molecule has 0 radical (unpaired) electrons. The first kappa shape index (κ1) is 15.3. The van der Waals surface area contributed by atoms with E-state index in [1.54, 1.807) is 28.9 Å². The number of aromatic nitrogens is 6. The van der Waals surface area contributed by atoms with Crippen molar-refractivity contribution in [3.63, 3.8) is 0 Å². The highest BCUT2D eigenvalue weighted by Gasteiger charge is 2.17. The Morgan fingerprint density at radius 3 is 2.96 bits per heavy atom. The second kappa shape index (κ2) is 5.99. The number of H-pyrrole nitrogens is 1. The number of hydrogen-bond acceptors (Lipinski definition) is 6. The molecule has 8 nitrogen and oxygen atoms in total. The van der Waals surface area contributed by atoms with Crippen LogP contribution >= 0.6 is 11.6 Å². The molecule has 0 spiro atoms. The van der Waals surface area contributed by atoms with E-state index in [1.807, 2.05) is 13.0 Å². The van der Waals surface area contributed by atoms with E-state index in [0.717, 1.165) is 5.56 Å². The number of hydrogen-bond donors (Lipinski definition) is 1. The van der Waals surface area contributed by atoms with Gasteiger partial charge in [0.1, 0.15) is 11.3 Å². The number of aromatic amines is 1. The van der Waals surface area contributed by atoms with Crippen molar-refractivity contribution in [1.82, 2.24) is 29.8 Å². The third-order valence-corrected chi connectivity index (χ3v) is 4.00. The number of ether oxygens (including phenoxy) is 1. The minimum Gasteiger partial charge on any atom is -0.419 e. The van der Waals surface area contributed by atoms with Crippen LogP contribution in [-0.4, -0.2) is 35.7 Å². The Kier molecular flexibility index (Phi) is 3.66. The molecule has 0 unspecified atom stereocenters. The number of esters is 1. The fraction of sp³-hybridized carbons (Fsp3) is 0.0625. The number of nitrogens with zero attached hydrogens (tertiary/aromatic N) is 5. The van der Waals surface area contributed by atoms with Crippen molar-refractivity contribution in [3.05, 3.63) is 59.3 Å². The number of carbonyl (C=O) groups is 1. The minimum absolute atomic E-state index is 0.327. The molecule has 0 fully saturated rings.